The minimum atomic E-state index is -0.600. The van der Waals surface area contributed by atoms with E-state index in [2.05, 4.69) is 0 Å². The van der Waals surface area contributed by atoms with Crippen molar-refractivity contribution in [1.82, 2.24) is 0 Å². The van der Waals surface area contributed by atoms with Crippen LogP contribution in [0.4, 0.5) is 0 Å². The highest BCUT2D eigenvalue weighted by molar-refractivity contribution is 6.21. The molecule has 0 spiro atoms. The molecule has 0 aliphatic carbocycles. The summed E-state index contributed by atoms with van der Waals surface area (Å²) >= 11 is 5.85. The molecule has 0 aromatic rings. The number of halogens is 1. The third kappa shape index (κ3) is 4.62. The second-order valence-corrected chi connectivity index (χ2v) is 3.84. The molecule has 68 valence electrons. The Labute approximate surface area is 73.2 Å². The summed E-state index contributed by atoms with van der Waals surface area (Å²) in [5.41, 5.74) is 0. The number of aliphatic hydroxyl groups excluding tert-OH is 2. The Kier molecular flexibility index (Phi) is 5.06. The molecule has 0 amide bonds. The Morgan fingerprint density at radius 2 is 1.64 bits per heavy atom. The van der Waals surface area contributed by atoms with Crippen LogP contribution in [0.25, 0.3) is 0 Å². The van der Waals surface area contributed by atoms with Crippen molar-refractivity contribution in [3.63, 3.8) is 0 Å². The van der Waals surface area contributed by atoms with Crippen LogP contribution in [0, 0.1) is 5.92 Å². The number of alkyl halides is 1. The van der Waals surface area contributed by atoms with Crippen LogP contribution in [0.1, 0.15) is 27.2 Å². The van der Waals surface area contributed by atoms with Gasteiger partial charge in [0.1, 0.15) is 0 Å². The lowest BCUT2D eigenvalue weighted by atomic mass is 10.0. The zero-order valence-electron chi connectivity index (χ0n) is 7.29. The molecular weight excluding hydrogens is 164 g/mol. The van der Waals surface area contributed by atoms with E-state index in [0.717, 1.165) is 0 Å². The van der Waals surface area contributed by atoms with Crippen molar-refractivity contribution in [2.45, 2.75) is 44.8 Å². The van der Waals surface area contributed by atoms with Gasteiger partial charge in [0.15, 0.2) is 0 Å². The number of aliphatic hydroxyl groups is 2. The summed E-state index contributed by atoms with van der Waals surface area (Å²) in [6.45, 7) is 5.54. The lowest BCUT2D eigenvalue weighted by Gasteiger charge is -2.20. The van der Waals surface area contributed by atoms with Crippen LogP contribution in [0.5, 0.6) is 0 Å². The molecule has 0 aliphatic heterocycles. The van der Waals surface area contributed by atoms with E-state index >= 15 is 0 Å². The van der Waals surface area contributed by atoms with E-state index in [1.807, 2.05) is 13.8 Å². The lowest BCUT2D eigenvalue weighted by Crippen LogP contribution is -2.28. The van der Waals surface area contributed by atoms with E-state index in [4.69, 9.17) is 16.7 Å². The third-order valence-electron chi connectivity index (χ3n) is 1.59. The van der Waals surface area contributed by atoms with E-state index in [1.165, 1.54) is 0 Å². The fourth-order valence-electron chi connectivity index (χ4n) is 0.924. The molecule has 0 fully saturated rings. The van der Waals surface area contributed by atoms with Gasteiger partial charge in [-0.1, -0.05) is 13.8 Å². The second-order valence-electron chi connectivity index (χ2n) is 3.34. The van der Waals surface area contributed by atoms with Gasteiger partial charge in [0.2, 0.25) is 0 Å². The highest BCUT2D eigenvalue weighted by atomic mass is 35.5. The van der Waals surface area contributed by atoms with Gasteiger partial charge >= 0.3 is 0 Å². The molecule has 0 rings (SSSR count). The van der Waals surface area contributed by atoms with E-state index in [9.17, 15) is 5.11 Å². The van der Waals surface area contributed by atoms with Gasteiger partial charge in [-0.05, 0) is 12.8 Å². The summed E-state index contributed by atoms with van der Waals surface area (Å²) < 4.78 is 0. The van der Waals surface area contributed by atoms with Crippen LogP contribution in [-0.4, -0.2) is 27.8 Å². The normalized spacial score (nSPS) is 19.9. The Morgan fingerprint density at radius 1 is 1.18 bits per heavy atom. The SMILES string of the molecule is CC(O)CC(O)C(Cl)C(C)C. The van der Waals surface area contributed by atoms with Crippen molar-refractivity contribution in [2.75, 3.05) is 0 Å². The van der Waals surface area contributed by atoms with Crippen molar-refractivity contribution in [3.8, 4) is 0 Å². The van der Waals surface area contributed by atoms with Crippen molar-refractivity contribution in [2.24, 2.45) is 5.92 Å². The first-order valence-corrected chi connectivity index (χ1v) is 4.39. The molecule has 0 heterocycles. The minimum Gasteiger partial charge on any atom is -0.393 e. The zero-order valence-corrected chi connectivity index (χ0v) is 8.04. The van der Waals surface area contributed by atoms with E-state index in [0.29, 0.717) is 6.42 Å². The third-order valence-corrected chi connectivity index (χ3v) is 2.38. The van der Waals surface area contributed by atoms with Gasteiger partial charge < -0.3 is 10.2 Å². The van der Waals surface area contributed by atoms with Crippen LogP contribution in [0.2, 0.25) is 0 Å². The molecule has 3 unspecified atom stereocenters. The Hall–Kier alpha value is 0.210. The Balaban J connectivity index is 3.73. The first-order valence-electron chi connectivity index (χ1n) is 3.95. The fourth-order valence-corrected chi connectivity index (χ4v) is 1.03. The largest absolute Gasteiger partial charge is 0.393 e. The summed E-state index contributed by atoms with van der Waals surface area (Å²) in [5, 5.41) is 18.0. The van der Waals surface area contributed by atoms with Gasteiger partial charge in [0.05, 0.1) is 17.6 Å². The van der Waals surface area contributed by atoms with Gasteiger partial charge in [-0.15, -0.1) is 11.6 Å². The average molecular weight is 181 g/mol. The van der Waals surface area contributed by atoms with E-state index in [1.54, 1.807) is 6.92 Å². The highest BCUT2D eigenvalue weighted by Gasteiger charge is 2.20. The molecular formula is C8H17ClO2. The molecule has 0 aromatic heterocycles. The van der Waals surface area contributed by atoms with Crippen LogP contribution in [0.3, 0.4) is 0 Å². The fraction of sp³-hybridized carbons (Fsp3) is 1.00. The maximum Gasteiger partial charge on any atom is 0.0730 e. The Bertz CT molecular complexity index is 104. The smallest absolute Gasteiger partial charge is 0.0730 e. The number of rotatable bonds is 4. The van der Waals surface area contributed by atoms with Gasteiger partial charge in [-0.2, -0.15) is 0 Å². The molecule has 2 nitrogen and oxygen atoms in total. The van der Waals surface area contributed by atoms with Gasteiger partial charge in [-0.3, -0.25) is 0 Å². The van der Waals surface area contributed by atoms with Crippen LogP contribution >= 0.6 is 11.6 Å². The van der Waals surface area contributed by atoms with Crippen LogP contribution in [0.15, 0.2) is 0 Å². The standard InChI is InChI=1S/C8H17ClO2/c1-5(2)8(9)7(11)4-6(3)10/h5-8,10-11H,4H2,1-3H3. The molecule has 0 aliphatic rings. The monoisotopic (exact) mass is 180 g/mol. The summed E-state index contributed by atoms with van der Waals surface area (Å²) in [4.78, 5) is 0. The minimum absolute atomic E-state index is 0.241. The van der Waals surface area contributed by atoms with Crippen LogP contribution in [-0.2, 0) is 0 Å². The molecule has 3 heteroatoms. The van der Waals surface area contributed by atoms with E-state index in [-0.39, 0.29) is 11.3 Å². The van der Waals surface area contributed by atoms with Crippen LogP contribution < -0.4 is 0 Å². The molecule has 0 aromatic carbocycles. The molecule has 0 saturated heterocycles. The van der Waals surface area contributed by atoms with Crippen molar-refractivity contribution < 1.29 is 10.2 Å². The maximum atomic E-state index is 9.37. The summed E-state index contributed by atoms with van der Waals surface area (Å²) in [6.07, 6.45) is -0.728. The quantitative estimate of drug-likeness (QED) is 0.642. The van der Waals surface area contributed by atoms with Gasteiger partial charge in [0.25, 0.3) is 0 Å². The number of hydrogen-bond acceptors (Lipinski definition) is 2. The predicted octanol–water partition coefficient (Wildman–Crippen LogP) is 1.38. The topological polar surface area (TPSA) is 40.5 Å². The highest BCUT2D eigenvalue weighted by Crippen LogP contribution is 2.17. The molecule has 0 bridgehead atoms. The summed E-state index contributed by atoms with van der Waals surface area (Å²) in [7, 11) is 0. The van der Waals surface area contributed by atoms with Crippen molar-refractivity contribution >= 4 is 11.6 Å². The first kappa shape index (κ1) is 11.2. The molecule has 3 atom stereocenters. The van der Waals surface area contributed by atoms with E-state index < -0.39 is 12.2 Å². The Morgan fingerprint density at radius 3 is 1.91 bits per heavy atom. The van der Waals surface area contributed by atoms with Crippen molar-refractivity contribution in [3.05, 3.63) is 0 Å². The maximum absolute atomic E-state index is 9.37. The molecule has 2 N–H and O–H groups in total. The van der Waals surface area contributed by atoms with Crippen molar-refractivity contribution in [1.29, 1.82) is 0 Å². The first-order chi connectivity index (χ1) is 4.95. The summed E-state index contributed by atoms with van der Waals surface area (Å²) in [6, 6.07) is 0. The van der Waals surface area contributed by atoms with Gasteiger partial charge in [0, 0.05) is 6.42 Å². The summed E-state index contributed by atoms with van der Waals surface area (Å²) in [5.74, 6) is 0.241. The predicted molar refractivity (Wildman–Crippen MR) is 46.8 cm³/mol. The average Bonchev–Trinajstić information content (AvgIpc) is 1.84. The molecule has 0 saturated carbocycles. The molecule has 11 heavy (non-hydrogen) atoms. The molecule has 0 radical (unpaired) electrons. The second kappa shape index (κ2) is 4.96. The zero-order chi connectivity index (χ0) is 9.02. The number of hydrogen-bond donors (Lipinski definition) is 2. The van der Waals surface area contributed by atoms with Gasteiger partial charge in [-0.25, -0.2) is 0 Å². The lowest BCUT2D eigenvalue weighted by molar-refractivity contribution is 0.0800.